The molecule has 7 N–H and O–H groups in total. The number of carboxylic acids is 2. The third-order valence-electron chi connectivity index (χ3n) is 4.79. The van der Waals surface area contributed by atoms with Crippen LogP contribution in [0.25, 0.3) is 0 Å². The number of aliphatic carboxylic acids is 2. The Morgan fingerprint density at radius 3 is 2.03 bits per heavy atom. The van der Waals surface area contributed by atoms with Gasteiger partial charge in [-0.1, -0.05) is 44.2 Å². The van der Waals surface area contributed by atoms with Crippen molar-refractivity contribution in [1.29, 1.82) is 0 Å². The van der Waals surface area contributed by atoms with Crippen molar-refractivity contribution in [3.05, 3.63) is 35.9 Å². The molecule has 0 heterocycles. The fraction of sp³-hybridized carbons (Fsp3) is 0.542. The standard InChI is InChI=1S/C21H31N3O5S.C3H7NO2/c1-14(2)11-17(23-19(26)16(22-13-25)9-10-30-3)20(27)24-18(21(28)29)12-15-7-5-4-6-8-15;4-2-1-3(5)6/h4-8,13-14,16-18H,9-12H2,1-3H3,(H,22,25)(H,23,26)(H,24,27)(H,28,29);1-2,4H2,(H,5,6)/t16-,17-,18-;/m0./s1. The van der Waals surface area contributed by atoms with E-state index in [1.807, 2.05) is 26.2 Å². The predicted octanol–water partition coefficient (Wildman–Crippen LogP) is 0.617. The first-order valence-electron chi connectivity index (χ1n) is 11.5. The second kappa shape index (κ2) is 19.1. The fourth-order valence-electron chi connectivity index (χ4n) is 3.03. The Bertz CT molecular complexity index is 824. The second-order valence-electron chi connectivity index (χ2n) is 8.33. The van der Waals surface area contributed by atoms with Crippen molar-refractivity contribution in [1.82, 2.24) is 16.0 Å². The van der Waals surface area contributed by atoms with E-state index in [0.717, 1.165) is 5.56 Å². The summed E-state index contributed by atoms with van der Waals surface area (Å²) in [4.78, 5) is 57.5. The molecule has 12 heteroatoms. The molecule has 0 aromatic heterocycles. The summed E-state index contributed by atoms with van der Waals surface area (Å²) in [5.41, 5.74) is 5.63. The van der Waals surface area contributed by atoms with E-state index >= 15 is 0 Å². The fourth-order valence-corrected chi connectivity index (χ4v) is 3.50. The largest absolute Gasteiger partial charge is 0.481 e. The molecule has 3 amide bonds. The zero-order valence-corrected chi connectivity index (χ0v) is 21.8. The van der Waals surface area contributed by atoms with Crippen molar-refractivity contribution in [2.24, 2.45) is 11.7 Å². The van der Waals surface area contributed by atoms with Gasteiger partial charge in [-0.2, -0.15) is 11.8 Å². The number of carboxylic acid groups (broad SMARTS) is 2. The van der Waals surface area contributed by atoms with Gasteiger partial charge in [0.1, 0.15) is 18.1 Å². The second-order valence-corrected chi connectivity index (χ2v) is 9.32. The first kappa shape index (κ1) is 32.9. The molecule has 3 atom stereocenters. The van der Waals surface area contributed by atoms with E-state index in [2.05, 4.69) is 16.0 Å². The highest BCUT2D eigenvalue weighted by molar-refractivity contribution is 7.98. The van der Waals surface area contributed by atoms with Gasteiger partial charge in [-0.25, -0.2) is 4.79 Å². The Morgan fingerprint density at radius 1 is 1.00 bits per heavy atom. The van der Waals surface area contributed by atoms with Gasteiger partial charge < -0.3 is 31.9 Å². The van der Waals surface area contributed by atoms with E-state index < -0.39 is 41.9 Å². The van der Waals surface area contributed by atoms with E-state index in [0.29, 0.717) is 25.0 Å². The highest BCUT2D eigenvalue weighted by atomic mass is 32.2. The molecule has 36 heavy (non-hydrogen) atoms. The molecule has 0 aliphatic heterocycles. The van der Waals surface area contributed by atoms with E-state index in [-0.39, 0.29) is 25.3 Å². The summed E-state index contributed by atoms with van der Waals surface area (Å²) >= 11 is 1.54. The van der Waals surface area contributed by atoms with Crippen LogP contribution in [-0.4, -0.2) is 77.1 Å². The lowest BCUT2D eigenvalue weighted by Gasteiger charge is -2.25. The zero-order valence-electron chi connectivity index (χ0n) is 20.9. The third kappa shape index (κ3) is 15.0. The minimum atomic E-state index is -1.15. The molecule has 0 bridgehead atoms. The van der Waals surface area contributed by atoms with Crippen molar-refractivity contribution in [3.63, 3.8) is 0 Å². The number of benzene rings is 1. The minimum Gasteiger partial charge on any atom is -0.481 e. The number of amides is 3. The normalized spacial score (nSPS) is 12.8. The van der Waals surface area contributed by atoms with E-state index in [9.17, 15) is 29.1 Å². The van der Waals surface area contributed by atoms with Crippen LogP contribution in [0.1, 0.15) is 38.7 Å². The van der Waals surface area contributed by atoms with Gasteiger partial charge in [0.05, 0.1) is 6.42 Å². The summed E-state index contributed by atoms with van der Waals surface area (Å²) in [5, 5.41) is 25.1. The van der Waals surface area contributed by atoms with E-state index in [1.54, 1.807) is 36.0 Å². The lowest BCUT2D eigenvalue weighted by Crippen LogP contribution is -2.55. The molecule has 0 unspecified atom stereocenters. The van der Waals surface area contributed by atoms with Crippen LogP contribution in [0.4, 0.5) is 0 Å². The molecular formula is C24H38N4O7S. The minimum absolute atomic E-state index is 0.0694. The lowest BCUT2D eigenvalue weighted by molar-refractivity contribution is -0.142. The van der Waals surface area contributed by atoms with Crippen LogP contribution in [0.2, 0.25) is 0 Å². The summed E-state index contributed by atoms with van der Waals surface area (Å²) in [7, 11) is 0. The van der Waals surface area contributed by atoms with Crippen molar-refractivity contribution >= 4 is 41.9 Å². The van der Waals surface area contributed by atoms with Crippen LogP contribution in [0.15, 0.2) is 30.3 Å². The molecule has 0 saturated carbocycles. The molecule has 202 valence electrons. The molecule has 0 aliphatic rings. The van der Waals surface area contributed by atoms with Crippen LogP contribution in [0.5, 0.6) is 0 Å². The number of nitrogens with one attached hydrogen (secondary N) is 3. The Morgan fingerprint density at radius 2 is 1.58 bits per heavy atom. The molecule has 0 spiro atoms. The number of hydrogen-bond acceptors (Lipinski definition) is 7. The van der Waals surface area contributed by atoms with Crippen molar-refractivity contribution in [3.8, 4) is 0 Å². The van der Waals surface area contributed by atoms with Crippen molar-refractivity contribution in [2.75, 3.05) is 18.6 Å². The Labute approximate surface area is 216 Å². The maximum atomic E-state index is 12.8. The van der Waals surface area contributed by atoms with Crippen molar-refractivity contribution < 1.29 is 34.2 Å². The first-order valence-corrected chi connectivity index (χ1v) is 12.9. The van der Waals surface area contributed by atoms with Crippen LogP contribution in [0, 0.1) is 5.92 Å². The number of nitrogens with two attached hydrogens (primary N) is 1. The van der Waals surface area contributed by atoms with Gasteiger partial charge in [-0.05, 0) is 36.3 Å². The quantitative estimate of drug-likeness (QED) is 0.168. The van der Waals surface area contributed by atoms with E-state index in [4.69, 9.17) is 10.8 Å². The van der Waals surface area contributed by atoms with E-state index in [1.165, 1.54) is 0 Å². The molecule has 1 aromatic rings. The topological polar surface area (TPSA) is 188 Å². The molecule has 11 nitrogen and oxygen atoms in total. The van der Waals surface area contributed by atoms with Gasteiger partial charge in [-0.3, -0.25) is 19.2 Å². The molecule has 0 saturated heterocycles. The molecule has 1 rings (SSSR count). The summed E-state index contributed by atoms with van der Waals surface area (Å²) in [5.74, 6) is -2.26. The zero-order chi connectivity index (χ0) is 27.5. The summed E-state index contributed by atoms with van der Waals surface area (Å²) in [6, 6.07) is 6.23. The summed E-state index contributed by atoms with van der Waals surface area (Å²) in [6.45, 7) is 4.04. The highest BCUT2D eigenvalue weighted by Crippen LogP contribution is 2.09. The monoisotopic (exact) mass is 526 g/mol. The van der Waals surface area contributed by atoms with Gasteiger partial charge in [0.2, 0.25) is 18.2 Å². The molecule has 0 radical (unpaired) electrons. The van der Waals surface area contributed by atoms with Crippen LogP contribution in [-0.2, 0) is 30.4 Å². The molecule has 1 aromatic carbocycles. The Balaban J connectivity index is 0.00000181. The van der Waals surface area contributed by atoms with Crippen LogP contribution >= 0.6 is 11.8 Å². The predicted molar refractivity (Wildman–Crippen MR) is 138 cm³/mol. The number of carbonyl (C=O) groups is 5. The summed E-state index contributed by atoms with van der Waals surface area (Å²) in [6.07, 6.45) is 3.32. The average Bonchev–Trinajstić information content (AvgIpc) is 2.81. The third-order valence-corrected chi connectivity index (χ3v) is 5.44. The molecular weight excluding hydrogens is 488 g/mol. The summed E-state index contributed by atoms with van der Waals surface area (Å²) < 4.78 is 0. The lowest BCUT2D eigenvalue weighted by atomic mass is 10.0. The van der Waals surface area contributed by atoms with Gasteiger partial charge >= 0.3 is 11.9 Å². The first-order chi connectivity index (χ1) is 17.0. The SMILES string of the molecule is CSCC[C@H](NC=O)C(=O)N[C@@H](CC(C)C)C(=O)N[C@@H](Cc1ccccc1)C(=O)O.NCCC(=O)O. The number of rotatable bonds is 16. The van der Waals surface area contributed by atoms with Crippen molar-refractivity contribution in [2.45, 2.75) is 57.7 Å². The van der Waals surface area contributed by atoms with Gasteiger partial charge in [-0.15, -0.1) is 0 Å². The number of thioether (sulfide) groups is 1. The van der Waals surface area contributed by atoms with Gasteiger partial charge in [0.15, 0.2) is 0 Å². The Kier molecular flexibility index (Phi) is 17.5. The molecule has 0 fully saturated rings. The maximum Gasteiger partial charge on any atom is 0.326 e. The van der Waals surface area contributed by atoms with Crippen LogP contribution in [0.3, 0.4) is 0 Å². The van der Waals surface area contributed by atoms with Gasteiger partial charge in [0.25, 0.3) is 0 Å². The Hall–Kier alpha value is -3.12. The average molecular weight is 527 g/mol. The highest BCUT2D eigenvalue weighted by Gasteiger charge is 2.29. The van der Waals surface area contributed by atoms with Gasteiger partial charge in [0, 0.05) is 13.0 Å². The van der Waals surface area contributed by atoms with Crippen LogP contribution < -0.4 is 21.7 Å². The molecule has 0 aliphatic carbocycles. The number of carbonyl (C=O) groups excluding carboxylic acids is 3. The number of hydrogen-bond donors (Lipinski definition) is 6. The maximum absolute atomic E-state index is 12.8. The smallest absolute Gasteiger partial charge is 0.326 e.